The van der Waals surface area contributed by atoms with Gasteiger partial charge in [-0.25, -0.2) is 14.6 Å². The lowest BCUT2D eigenvalue weighted by Crippen LogP contribution is -2.48. The summed E-state index contributed by atoms with van der Waals surface area (Å²) in [6.45, 7) is 14.5. The number of carbonyl (C=O) groups is 2. The molecule has 2 amide bonds. The summed E-state index contributed by atoms with van der Waals surface area (Å²) in [5.74, 6) is -0.0680. The van der Waals surface area contributed by atoms with Crippen molar-refractivity contribution in [2.75, 3.05) is 25.1 Å². The number of ether oxygens (including phenoxy) is 3. The van der Waals surface area contributed by atoms with Gasteiger partial charge >= 0.3 is 25.5 Å². The maximum atomic E-state index is 13.4. The van der Waals surface area contributed by atoms with E-state index in [0.29, 0.717) is 24.2 Å². The third-order valence-electron chi connectivity index (χ3n) is 5.99. The van der Waals surface area contributed by atoms with Crippen molar-refractivity contribution in [1.29, 1.82) is 0 Å². The zero-order valence-electron chi connectivity index (χ0n) is 26.7. The van der Waals surface area contributed by atoms with Gasteiger partial charge in [0.2, 0.25) is 0 Å². The van der Waals surface area contributed by atoms with E-state index in [1.54, 1.807) is 41.5 Å². The Morgan fingerprint density at radius 1 is 1.02 bits per heavy atom. The van der Waals surface area contributed by atoms with E-state index in [9.17, 15) is 22.8 Å². The van der Waals surface area contributed by atoms with Crippen molar-refractivity contribution < 1.29 is 46.3 Å². The molecular weight excluding hydrogens is 618 g/mol. The number of carbonyl (C=O) groups excluding carboxylic acids is 2. The van der Waals surface area contributed by atoms with E-state index < -0.39 is 48.3 Å². The summed E-state index contributed by atoms with van der Waals surface area (Å²) < 4.78 is 68.7. The molecule has 2 aromatic rings. The van der Waals surface area contributed by atoms with Crippen molar-refractivity contribution in [3.8, 4) is 5.75 Å². The highest BCUT2D eigenvalue weighted by atomic mass is 35.5. The van der Waals surface area contributed by atoms with Crippen LogP contribution < -0.4 is 20.8 Å². The fourth-order valence-electron chi connectivity index (χ4n) is 4.10. The number of hydrogen-bond donors (Lipinski definition) is 2. The molecule has 45 heavy (non-hydrogen) atoms. The minimum absolute atomic E-state index is 0.0227. The molecular formula is C30H40BClF3N3O7. The van der Waals surface area contributed by atoms with Crippen molar-refractivity contribution >= 4 is 42.2 Å². The van der Waals surface area contributed by atoms with Gasteiger partial charge in [0.15, 0.2) is 11.6 Å². The number of alkyl halides is 3. The SMILES string of the molecule is CC1(C)COB(c2cc(OCC(Cc3cccc(C(F)(F)F)c3)NC(=O)OC(C)(C)C)c(NC(=O)OC(C)(C)C)nc2Cl)OC1. The Labute approximate surface area is 266 Å². The second-order valence-corrected chi connectivity index (χ2v) is 13.9. The van der Waals surface area contributed by atoms with Crippen molar-refractivity contribution in [2.45, 2.75) is 85.2 Å². The fraction of sp³-hybridized carbons (Fsp3) is 0.567. The number of amides is 2. The van der Waals surface area contributed by atoms with Gasteiger partial charge in [0.1, 0.15) is 23.0 Å². The van der Waals surface area contributed by atoms with Crippen LogP contribution in [0.25, 0.3) is 0 Å². The first-order valence-electron chi connectivity index (χ1n) is 14.3. The zero-order chi connectivity index (χ0) is 33.8. The molecule has 248 valence electrons. The van der Waals surface area contributed by atoms with Crippen LogP contribution in [0.15, 0.2) is 30.3 Å². The number of anilines is 1. The number of aromatic nitrogens is 1. The topological polar surface area (TPSA) is 117 Å². The largest absolute Gasteiger partial charge is 0.497 e. The quantitative estimate of drug-likeness (QED) is 0.248. The van der Waals surface area contributed by atoms with Gasteiger partial charge in [0.05, 0.1) is 11.6 Å². The molecule has 1 atom stereocenters. The second kappa shape index (κ2) is 14.0. The highest BCUT2D eigenvalue weighted by Crippen LogP contribution is 2.31. The van der Waals surface area contributed by atoms with Gasteiger partial charge < -0.3 is 28.8 Å². The molecule has 3 rings (SSSR count). The standard InChI is InChI=1S/C30H40BClF3N3O7/c1-27(2,3)44-25(39)36-20(13-18-10-9-11-19(12-18)30(33,34)35)15-41-22-14-21(31-42-16-29(7,8)17-43-31)23(32)37-24(22)38-26(40)45-28(4,5)6/h9-12,14,20H,13,15-17H2,1-8H3,(H,36,39)(H,37,38,40). The van der Waals surface area contributed by atoms with Gasteiger partial charge in [0.25, 0.3) is 0 Å². The van der Waals surface area contributed by atoms with E-state index in [1.807, 2.05) is 13.8 Å². The van der Waals surface area contributed by atoms with Gasteiger partial charge in [0, 0.05) is 24.1 Å². The molecule has 1 unspecified atom stereocenters. The number of nitrogens with one attached hydrogen (secondary N) is 2. The minimum Gasteiger partial charge on any atom is -0.488 e. The molecule has 1 fully saturated rings. The first kappa shape index (κ1) is 36.2. The molecule has 1 aliphatic rings. The summed E-state index contributed by atoms with van der Waals surface area (Å²) in [6.07, 6.45) is -6.22. The van der Waals surface area contributed by atoms with Crippen LogP contribution in [0.4, 0.5) is 28.6 Å². The van der Waals surface area contributed by atoms with Crippen LogP contribution in [0.1, 0.15) is 66.5 Å². The average Bonchev–Trinajstić information content (AvgIpc) is 2.86. The molecule has 1 saturated heterocycles. The van der Waals surface area contributed by atoms with E-state index in [4.69, 9.17) is 35.1 Å². The van der Waals surface area contributed by atoms with Crippen LogP contribution in [0.2, 0.25) is 5.15 Å². The molecule has 0 saturated carbocycles. The predicted octanol–water partition coefficient (Wildman–Crippen LogP) is 6.38. The summed E-state index contributed by atoms with van der Waals surface area (Å²) >= 11 is 6.49. The number of hydrogen-bond acceptors (Lipinski definition) is 8. The Morgan fingerprint density at radius 2 is 1.62 bits per heavy atom. The highest BCUT2D eigenvalue weighted by molar-refractivity contribution is 6.65. The molecule has 1 aliphatic heterocycles. The number of halogens is 4. The summed E-state index contributed by atoms with van der Waals surface area (Å²) in [6, 6.07) is 5.37. The van der Waals surface area contributed by atoms with E-state index in [1.165, 1.54) is 18.2 Å². The molecule has 1 aromatic carbocycles. The monoisotopic (exact) mass is 657 g/mol. The summed E-state index contributed by atoms with van der Waals surface area (Å²) in [7, 11) is -0.878. The number of benzene rings is 1. The number of rotatable bonds is 8. The summed E-state index contributed by atoms with van der Waals surface area (Å²) in [5, 5.41) is 5.16. The molecule has 0 aliphatic carbocycles. The summed E-state index contributed by atoms with van der Waals surface area (Å²) in [4.78, 5) is 29.6. The smallest absolute Gasteiger partial charge is 0.488 e. The molecule has 0 spiro atoms. The Balaban J connectivity index is 1.93. The van der Waals surface area contributed by atoms with Crippen LogP contribution in [0, 0.1) is 5.41 Å². The predicted molar refractivity (Wildman–Crippen MR) is 164 cm³/mol. The molecule has 0 bridgehead atoms. The molecule has 2 heterocycles. The zero-order valence-corrected chi connectivity index (χ0v) is 27.4. The summed E-state index contributed by atoms with van der Waals surface area (Å²) in [5.41, 5.74) is -2.09. The van der Waals surface area contributed by atoms with Gasteiger partial charge in [-0.2, -0.15) is 13.2 Å². The first-order valence-corrected chi connectivity index (χ1v) is 14.7. The van der Waals surface area contributed by atoms with Crippen LogP contribution in [-0.4, -0.2) is 61.4 Å². The van der Waals surface area contributed by atoms with Crippen molar-refractivity contribution in [3.63, 3.8) is 0 Å². The Kier molecular flexibility index (Phi) is 11.3. The van der Waals surface area contributed by atoms with Gasteiger partial charge in [-0.1, -0.05) is 43.6 Å². The maximum Gasteiger partial charge on any atom is 0.497 e. The lowest BCUT2D eigenvalue weighted by molar-refractivity contribution is -0.137. The molecule has 0 radical (unpaired) electrons. The van der Waals surface area contributed by atoms with Gasteiger partial charge in [-0.05, 0) is 65.7 Å². The first-order chi connectivity index (χ1) is 20.6. The lowest BCUT2D eigenvalue weighted by Gasteiger charge is -2.33. The Morgan fingerprint density at radius 3 is 2.20 bits per heavy atom. The fourth-order valence-corrected chi connectivity index (χ4v) is 4.33. The van der Waals surface area contributed by atoms with Crippen LogP contribution in [0.3, 0.4) is 0 Å². The van der Waals surface area contributed by atoms with Gasteiger partial charge in [-0.3, -0.25) is 5.32 Å². The lowest BCUT2D eigenvalue weighted by atomic mass is 9.76. The van der Waals surface area contributed by atoms with E-state index in [2.05, 4.69) is 15.6 Å². The molecule has 10 nitrogen and oxygen atoms in total. The second-order valence-electron chi connectivity index (χ2n) is 13.5. The normalized spacial score (nSPS) is 16.0. The van der Waals surface area contributed by atoms with Crippen LogP contribution in [0.5, 0.6) is 5.75 Å². The molecule has 2 N–H and O–H groups in total. The van der Waals surface area contributed by atoms with E-state index >= 15 is 0 Å². The van der Waals surface area contributed by atoms with Gasteiger partial charge in [-0.15, -0.1) is 0 Å². The van der Waals surface area contributed by atoms with Crippen molar-refractivity contribution in [1.82, 2.24) is 10.3 Å². The van der Waals surface area contributed by atoms with Crippen molar-refractivity contribution in [3.05, 3.63) is 46.6 Å². The Hall–Kier alpha value is -3.23. The van der Waals surface area contributed by atoms with Crippen LogP contribution in [-0.2, 0) is 31.4 Å². The maximum absolute atomic E-state index is 13.4. The third kappa shape index (κ3) is 11.9. The van der Waals surface area contributed by atoms with Crippen LogP contribution >= 0.6 is 11.6 Å². The number of pyridine rings is 1. The average molecular weight is 658 g/mol. The number of alkyl carbamates (subject to hydrolysis) is 1. The van der Waals surface area contributed by atoms with E-state index in [-0.39, 0.29) is 35.2 Å². The third-order valence-corrected chi connectivity index (χ3v) is 6.29. The molecule has 1 aromatic heterocycles. The minimum atomic E-state index is -4.55. The number of nitrogens with zero attached hydrogens (tertiary/aromatic N) is 1. The highest BCUT2D eigenvalue weighted by Gasteiger charge is 2.36. The van der Waals surface area contributed by atoms with E-state index in [0.717, 1.165) is 12.1 Å². The van der Waals surface area contributed by atoms with Crippen molar-refractivity contribution in [2.24, 2.45) is 5.41 Å². The molecule has 15 heteroatoms. The Bertz CT molecular complexity index is 1350.